The van der Waals surface area contributed by atoms with E-state index in [1.54, 1.807) is 12.4 Å². The lowest BCUT2D eigenvalue weighted by Crippen LogP contribution is -2.33. The van der Waals surface area contributed by atoms with E-state index in [9.17, 15) is 4.79 Å². The average molecular weight is 396 g/mol. The van der Waals surface area contributed by atoms with Crippen LogP contribution in [0.2, 0.25) is 0 Å². The minimum Gasteiger partial charge on any atom is -0.325 e. The first-order valence-corrected chi connectivity index (χ1v) is 9.98. The summed E-state index contributed by atoms with van der Waals surface area (Å²) in [6.45, 7) is 3.47. The Hall–Kier alpha value is -3.57. The molecule has 0 saturated carbocycles. The molecule has 0 aliphatic heterocycles. The fraction of sp³-hybridized carbons (Fsp3) is 0.160. The molecule has 0 bridgehead atoms. The van der Waals surface area contributed by atoms with Gasteiger partial charge in [-0.05, 0) is 54.1 Å². The van der Waals surface area contributed by atoms with Gasteiger partial charge in [0.25, 0.3) is 0 Å². The molecule has 0 aliphatic rings. The summed E-state index contributed by atoms with van der Waals surface area (Å²) in [5.41, 5.74) is 3.86. The van der Waals surface area contributed by atoms with Gasteiger partial charge in [0.1, 0.15) is 0 Å². The number of fused-ring (bicyclic) bond motifs is 1. The van der Waals surface area contributed by atoms with Crippen molar-refractivity contribution in [1.29, 1.82) is 0 Å². The summed E-state index contributed by atoms with van der Waals surface area (Å²) < 4.78 is 0. The van der Waals surface area contributed by atoms with E-state index >= 15 is 0 Å². The molecule has 30 heavy (non-hydrogen) atoms. The quantitative estimate of drug-likeness (QED) is 0.497. The van der Waals surface area contributed by atoms with Crippen LogP contribution in [0.3, 0.4) is 0 Å². The van der Waals surface area contributed by atoms with Gasteiger partial charge in [-0.2, -0.15) is 0 Å². The second-order valence-electron chi connectivity index (χ2n) is 7.40. The Balaban J connectivity index is 1.47. The molecule has 2 heterocycles. The van der Waals surface area contributed by atoms with Gasteiger partial charge in [-0.1, -0.05) is 42.0 Å². The molecule has 1 amide bonds. The van der Waals surface area contributed by atoms with E-state index < -0.39 is 0 Å². The third-order valence-electron chi connectivity index (χ3n) is 4.87. The van der Waals surface area contributed by atoms with E-state index in [0.29, 0.717) is 13.1 Å². The molecule has 5 nitrogen and oxygen atoms in total. The number of amides is 1. The first-order valence-electron chi connectivity index (χ1n) is 9.98. The fourth-order valence-electron chi connectivity index (χ4n) is 3.46. The average Bonchev–Trinajstić information content (AvgIpc) is 2.75. The number of benzene rings is 2. The first kappa shape index (κ1) is 19.7. The maximum atomic E-state index is 12.8. The standard InChI is InChI=1S/C25H24N4O/c1-19-8-9-21-15-22(11-10-20(21)14-19)28-25(30)18-29(16-23-6-2-4-12-26-23)17-24-7-3-5-13-27-24/h2-15H,16-18H2,1H3,(H,28,30). The summed E-state index contributed by atoms with van der Waals surface area (Å²) in [5.74, 6) is -0.0617. The third-order valence-corrected chi connectivity index (χ3v) is 4.87. The molecule has 2 aromatic carbocycles. The summed E-state index contributed by atoms with van der Waals surface area (Å²) in [6, 6.07) is 23.9. The van der Waals surface area contributed by atoms with Crippen molar-refractivity contribution >= 4 is 22.4 Å². The molecule has 5 heteroatoms. The SMILES string of the molecule is Cc1ccc2cc(NC(=O)CN(Cc3ccccn3)Cc3ccccn3)ccc2c1. The normalized spacial score (nSPS) is 11.0. The summed E-state index contributed by atoms with van der Waals surface area (Å²) in [7, 11) is 0. The van der Waals surface area contributed by atoms with Gasteiger partial charge in [0.05, 0.1) is 17.9 Å². The van der Waals surface area contributed by atoms with Crippen molar-refractivity contribution in [1.82, 2.24) is 14.9 Å². The van der Waals surface area contributed by atoms with E-state index in [2.05, 4.69) is 40.4 Å². The minimum absolute atomic E-state index is 0.0617. The number of hydrogen-bond donors (Lipinski definition) is 1. The molecule has 4 aromatic rings. The molecule has 0 atom stereocenters. The largest absolute Gasteiger partial charge is 0.325 e. The first-order chi connectivity index (χ1) is 14.7. The second-order valence-corrected chi connectivity index (χ2v) is 7.40. The zero-order chi connectivity index (χ0) is 20.8. The minimum atomic E-state index is -0.0617. The van der Waals surface area contributed by atoms with Gasteiger partial charge in [0.15, 0.2) is 0 Å². The lowest BCUT2D eigenvalue weighted by molar-refractivity contribution is -0.117. The van der Waals surface area contributed by atoms with Gasteiger partial charge in [-0.15, -0.1) is 0 Å². The molecule has 4 rings (SSSR count). The van der Waals surface area contributed by atoms with Crippen molar-refractivity contribution in [3.63, 3.8) is 0 Å². The van der Waals surface area contributed by atoms with E-state index in [4.69, 9.17) is 0 Å². The van der Waals surface area contributed by atoms with Crippen molar-refractivity contribution in [2.45, 2.75) is 20.0 Å². The maximum absolute atomic E-state index is 12.8. The predicted octanol–water partition coefficient (Wildman–Crippen LogP) is 4.58. The molecular formula is C25H24N4O. The monoisotopic (exact) mass is 396 g/mol. The number of carbonyl (C=O) groups excluding carboxylic acids is 1. The highest BCUT2D eigenvalue weighted by Crippen LogP contribution is 2.20. The number of aryl methyl sites for hydroxylation is 1. The highest BCUT2D eigenvalue weighted by Gasteiger charge is 2.14. The Morgan fingerprint density at radius 2 is 1.47 bits per heavy atom. The molecule has 0 saturated heterocycles. The van der Waals surface area contributed by atoms with Gasteiger partial charge in [-0.3, -0.25) is 19.7 Å². The predicted molar refractivity (Wildman–Crippen MR) is 120 cm³/mol. The maximum Gasteiger partial charge on any atom is 0.238 e. The van der Waals surface area contributed by atoms with Crippen LogP contribution in [0.1, 0.15) is 17.0 Å². The number of rotatable bonds is 7. The Morgan fingerprint density at radius 3 is 2.10 bits per heavy atom. The van der Waals surface area contributed by atoms with Crippen LogP contribution in [0, 0.1) is 6.92 Å². The van der Waals surface area contributed by atoms with E-state index in [0.717, 1.165) is 22.5 Å². The lowest BCUT2D eigenvalue weighted by Gasteiger charge is -2.21. The van der Waals surface area contributed by atoms with Crippen LogP contribution in [0.4, 0.5) is 5.69 Å². The zero-order valence-corrected chi connectivity index (χ0v) is 17.0. The fourth-order valence-corrected chi connectivity index (χ4v) is 3.46. The summed E-state index contributed by atoms with van der Waals surface area (Å²) >= 11 is 0. The van der Waals surface area contributed by atoms with Gasteiger partial charge >= 0.3 is 0 Å². The molecule has 0 unspecified atom stereocenters. The molecule has 0 spiro atoms. The number of aromatic nitrogens is 2. The summed E-state index contributed by atoms with van der Waals surface area (Å²) in [5, 5.41) is 5.30. The second kappa shape index (κ2) is 9.29. The van der Waals surface area contributed by atoms with Crippen molar-refractivity contribution in [3.05, 3.63) is 102 Å². The van der Waals surface area contributed by atoms with E-state index in [1.807, 2.05) is 59.5 Å². The Labute approximate surface area is 176 Å². The van der Waals surface area contributed by atoms with E-state index in [-0.39, 0.29) is 12.5 Å². The van der Waals surface area contributed by atoms with Gasteiger partial charge in [0.2, 0.25) is 5.91 Å². The topological polar surface area (TPSA) is 58.1 Å². The van der Waals surface area contributed by atoms with Crippen LogP contribution in [-0.4, -0.2) is 27.3 Å². The van der Waals surface area contributed by atoms with Crippen molar-refractivity contribution in [2.75, 3.05) is 11.9 Å². The molecule has 0 radical (unpaired) electrons. The molecule has 1 N–H and O–H groups in total. The Bertz CT molecular complexity index is 1090. The smallest absolute Gasteiger partial charge is 0.238 e. The highest BCUT2D eigenvalue weighted by molar-refractivity contribution is 5.95. The number of hydrogen-bond acceptors (Lipinski definition) is 4. The van der Waals surface area contributed by atoms with Gasteiger partial charge < -0.3 is 5.32 Å². The Morgan fingerprint density at radius 1 is 0.833 bits per heavy atom. The molecular weight excluding hydrogens is 372 g/mol. The third kappa shape index (κ3) is 5.27. The van der Waals surface area contributed by atoms with Gasteiger partial charge in [0, 0.05) is 31.2 Å². The molecule has 0 fully saturated rings. The van der Waals surface area contributed by atoms with Crippen molar-refractivity contribution in [3.8, 4) is 0 Å². The summed E-state index contributed by atoms with van der Waals surface area (Å²) in [4.78, 5) is 23.6. The van der Waals surface area contributed by atoms with Crippen LogP contribution in [0.25, 0.3) is 10.8 Å². The van der Waals surface area contributed by atoms with Crippen molar-refractivity contribution < 1.29 is 4.79 Å². The zero-order valence-electron chi connectivity index (χ0n) is 17.0. The van der Waals surface area contributed by atoms with Crippen LogP contribution in [0.15, 0.2) is 85.2 Å². The molecule has 0 aliphatic carbocycles. The van der Waals surface area contributed by atoms with Crippen LogP contribution < -0.4 is 5.32 Å². The van der Waals surface area contributed by atoms with Crippen molar-refractivity contribution in [2.24, 2.45) is 0 Å². The highest BCUT2D eigenvalue weighted by atomic mass is 16.2. The Kier molecular flexibility index (Phi) is 6.11. The number of nitrogens with zero attached hydrogens (tertiary/aromatic N) is 3. The van der Waals surface area contributed by atoms with E-state index in [1.165, 1.54) is 10.9 Å². The van der Waals surface area contributed by atoms with Crippen LogP contribution in [-0.2, 0) is 17.9 Å². The van der Waals surface area contributed by atoms with Gasteiger partial charge in [-0.25, -0.2) is 0 Å². The number of anilines is 1. The molecule has 150 valence electrons. The summed E-state index contributed by atoms with van der Waals surface area (Å²) in [6.07, 6.45) is 3.54. The van der Waals surface area contributed by atoms with Crippen LogP contribution in [0.5, 0.6) is 0 Å². The lowest BCUT2D eigenvalue weighted by atomic mass is 10.1. The van der Waals surface area contributed by atoms with Crippen LogP contribution >= 0.6 is 0 Å². The number of carbonyl (C=O) groups is 1. The molecule has 2 aromatic heterocycles. The number of pyridine rings is 2. The number of nitrogens with one attached hydrogen (secondary N) is 1.